The highest BCUT2D eigenvalue weighted by Crippen LogP contribution is 2.51. The Morgan fingerprint density at radius 1 is 1.14 bits per heavy atom. The zero-order chi connectivity index (χ0) is 29.8. The Morgan fingerprint density at radius 2 is 1.93 bits per heavy atom. The van der Waals surface area contributed by atoms with Crippen LogP contribution in [0.3, 0.4) is 0 Å². The van der Waals surface area contributed by atoms with Crippen LogP contribution >= 0.6 is 11.8 Å². The van der Waals surface area contributed by atoms with Gasteiger partial charge in [-0.2, -0.15) is 0 Å². The molecule has 0 aromatic heterocycles. The molecule has 42 heavy (non-hydrogen) atoms. The number of rotatable bonds is 6. The second-order valence-electron chi connectivity index (χ2n) is 10.4. The van der Waals surface area contributed by atoms with Crippen LogP contribution in [0.1, 0.15) is 58.6 Å². The second kappa shape index (κ2) is 10.7. The first kappa shape index (κ1) is 28.1. The summed E-state index contributed by atoms with van der Waals surface area (Å²) in [5, 5.41) is 7.73. The summed E-state index contributed by atoms with van der Waals surface area (Å²) in [4.78, 5) is 51.1. The smallest absolute Gasteiger partial charge is 0.446 e. The van der Waals surface area contributed by atoms with Gasteiger partial charge in [0.25, 0.3) is 5.91 Å². The molecule has 15 heteroatoms. The number of fused-ring (bicyclic) bond motifs is 2. The van der Waals surface area contributed by atoms with Crippen molar-refractivity contribution in [3.05, 3.63) is 52.3 Å². The summed E-state index contributed by atoms with van der Waals surface area (Å²) in [7, 11) is 0. The van der Waals surface area contributed by atoms with E-state index in [-0.39, 0.29) is 61.6 Å². The number of alkyl carbamates (subject to hydrolysis) is 1. The molecule has 10 nitrogen and oxygen atoms in total. The maximum Gasteiger partial charge on any atom is 0.573 e. The van der Waals surface area contributed by atoms with E-state index in [2.05, 4.69) is 20.7 Å². The van der Waals surface area contributed by atoms with Gasteiger partial charge in [-0.05, 0) is 42.9 Å². The minimum absolute atomic E-state index is 0.0184. The average molecular weight is 609 g/mol. The molecular weight excluding hydrogens is 584 g/mol. The Labute approximate surface area is 240 Å². The molecule has 2 aromatic rings. The summed E-state index contributed by atoms with van der Waals surface area (Å²) in [5.41, 5.74) is 1.23. The van der Waals surface area contributed by atoms with Gasteiger partial charge in [0.15, 0.2) is 0 Å². The van der Waals surface area contributed by atoms with Crippen molar-refractivity contribution in [1.82, 2.24) is 15.5 Å². The third-order valence-corrected chi connectivity index (χ3v) is 8.72. The minimum Gasteiger partial charge on any atom is -0.446 e. The fraction of sp³-hybridized carbons (Fsp3) is 0.407. The number of amides is 4. The van der Waals surface area contributed by atoms with E-state index >= 15 is 4.39 Å². The molecule has 3 N–H and O–H groups in total. The lowest BCUT2D eigenvalue weighted by Crippen LogP contribution is -2.52. The Hall–Kier alpha value is -4.01. The normalized spacial score (nSPS) is 23.0. The van der Waals surface area contributed by atoms with E-state index in [4.69, 9.17) is 4.74 Å². The van der Waals surface area contributed by atoms with Gasteiger partial charge in [-0.1, -0.05) is 12.1 Å². The minimum atomic E-state index is -4.85. The average Bonchev–Trinajstić information content (AvgIpc) is 3.50. The van der Waals surface area contributed by atoms with Gasteiger partial charge in [0.05, 0.1) is 17.1 Å². The standard InChI is InChI=1S/C27H24F4N4O6S/c28-22-12(1-2-13-10-35(25(38)21(13)22)16-3-6-19(36)34-24(16)37)9-32-26(39)40-15-7-14(8-15)20-17(41-27(29,30)31)4-5-18-23(20)33-11-42-18/h1-2,4-5,14-16,33H,3,6-11H2,(H,32,39)(H,34,36,37). The van der Waals surface area contributed by atoms with Crippen LogP contribution in [0.5, 0.6) is 5.75 Å². The van der Waals surface area contributed by atoms with Crippen molar-refractivity contribution in [1.29, 1.82) is 0 Å². The number of carbonyl (C=O) groups excluding carboxylic acids is 4. The Kier molecular flexibility index (Phi) is 7.15. The van der Waals surface area contributed by atoms with Crippen molar-refractivity contribution in [2.75, 3.05) is 11.2 Å². The highest BCUT2D eigenvalue weighted by molar-refractivity contribution is 7.99. The van der Waals surface area contributed by atoms with E-state index in [1.165, 1.54) is 28.8 Å². The fourth-order valence-electron chi connectivity index (χ4n) is 5.73. The number of piperidine rings is 1. The number of imide groups is 1. The first-order valence-electron chi connectivity index (χ1n) is 13.2. The molecule has 3 aliphatic heterocycles. The molecule has 3 heterocycles. The molecule has 4 amide bonds. The van der Waals surface area contributed by atoms with Crippen LogP contribution in [-0.4, -0.2) is 53.1 Å². The van der Waals surface area contributed by atoms with E-state index in [1.807, 2.05) is 0 Å². The number of ether oxygens (including phenoxy) is 2. The van der Waals surface area contributed by atoms with Gasteiger partial charge in [0.1, 0.15) is 23.7 Å². The lowest BCUT2D eigenvalue weighted by Gasteiger charge is -2.36. The predicted octanol–water partition coefficient (Wildman–Crippen LogP) is 4.13. The second-order valence-corrected chi connectivity index (χ2v) is 11.4. The SMILES string of the molecule is O=C1CCC(N2Cc3ccc(CNC(=O)OC4CC(c5c(OC(F)(F)F)ccc6c5NCS6)C4)c(F)c3C2=O)C(=O)N1. The van der Waals surface area contributed by atoms with Crippen LogP contribution in [0.2, 0.25) is 0 Å². The van der Waals surface area contributed by atoms with Crippen molar-refractivity contribution >= 4 is 41.3 Å². The van der Waals surface area contributed by atoms with Gasteiger partial charge >= 0.3 is 12.5 Å². The molecule has 0 radical (unpaired) electrons. The van der Waals surface area contributed by atoms with Crippen molar-refractivity contribution in [2.45, 2.75) is 68.1 Å². The molecule has 1 unspecified atom stereocenters. The van der Waals surface area contributed by atoms with E-state index < -0.39 is 48.1 Å². The topological polar surface area (TPSA) is 126 Å². The molecule has 4 aliphatic rings. The number of hydrogen-bond donors (Lipinski definition) is 3. The van der Waals surface area contributed by atoms with E-state index in [9.17, 15) is 32.3 Å². The highest BCUT2D eigenvalue weighted by Gasteiger charge is 2.42. The maximum absolute atomic E-state index is 15.3. The molecule has 2 aromatic carbocycles. The summed E-state index contributed by atoms with van der Waals surface area (Å²) in [6, 6.07) is 4.96. The van der Waals surface area contributed by atoms with E-state index in [1.54, 1.807) is 12.1 Å². The van der Waals surface area contributed by atoms with Crippen LogP contribution < -0.4 is 20.7 Å². The molecule has 0 spiro atoms. The predicted molar refractivity (Wildman–Crippen MR) is 139 cm³/mol. The molecule has 1 saturated heterocycles. The van der Waals surface area contributed by atoms with Gasteiger partial charge in [0, 0.05) is 35.5 Å². The lowest BCUT2D eigenvalue weighted by molar-refractivity contribution is -0.275. The zero-order valence-electron chi connectivity index (χ0n) is 21.8. The van der Waals surface area contributed by atoms with Gasteiger partial charge in [0.2, 0.25) is 11.8 Å². The number of carbonyl (C=O) groups is 4. The van der Waals surface area contributed by atoms with E-state index in [0.717, 1.165) is 4.90 Å². The van der Waals surface area contributed by atoms with Crippen molar-refractivity contribution in [2.24, 2.45) is 0 Å². The van der Waals surface area contributed by atoms with Crippen LogP contribution in [0.15, 0.2) is 29.2 Å². The fourth-order valence-corrected chi connectivity index (χ4v) is 6.60. The lowest BCUT2D eigenvalue weighted by atomic mass is 9.76. The number of benzene rings is 2. The first-order valence-corrected chi connectivity index (χ1v) is 14.2. The number of alkyl halides is 3. The molecule has 1 atom stereocenters. The Morgan fingerprint density at radius 3 is 2.67 bits per heavy atom. The Balaban J connectivity index is 1.05. The van der Waals surface area contributed by atoms with E-state index in [0.29, 0.717) is 22.7 Å². The zero-order valence-corrected chi connectivity index (χ0v) is 22.6. The van der Waals surface area contributed by atoms with Crippen molar-refractivity contribution in [3.63, 3.8) is 0 Å². The molecule has 222 valence electrons. The van der Waals surface area contributed by atoms with Gasteiger partial charge in [-0.25, -0.2) is 9.18 Å². The quantitative estimate of drug-likeness (QED) is 0.330. The summed E-state index contributed by atoms with van der Waals surface area (Å²) in [5.74, 6) is -2.62. The molecule has 1 saturated carbocycles. The maximum atomic E-state index is 15.3. The number of anilines is 1. The molecule has 2 fully saturated rings. The summed E-state index contributed by atoms with van der Waals surface area (Å²) < 4.78 is 63.9. The van der Waals surface area contributed by atoms with Crippen LogP contribution in [0, 0.1) is 5.82 Å². The molecule has 6 rings (SSSR count). The molecular formula is C27H24F4N4O6S. The van der Waals surface area contributed by atoms with Crippen LogP contribution in [0.25, 0.3) is 0 Å². The first-order chi connectivity index (χ1) is 20.0. The van der Waals surface area contributed by atoms with Crippen molar-refractivity contribution in [3.8, 4) is 5.75 Å². The van der Waals surface area contributed by atoms with Gasteiger partial charge in [-0.15, -0.1) is 24.9 Å². The summed E-state index contributed by atoms with van der Waals surface area (Å²) in [6.45, 7) is -0.263. The van der Waals surface area contributed by atoms with Crippen LogP contribution in [0.4, 0.5) is 28.0 Å². The third kappa shape index (κ3) is 5.32. The number of thioether (sulfide) groups is 1. The van der Waals surface area contributed by atoms with Crippen molar-refractivity contribution < 1.29 is 46.2 Å². The summed E-state index contributed by atoms with van der Waals surface area (Å²) in [6.07, 6.45) is -5.47. The van der Waals surface area contributed by atoms with Gasteiger partial charge in [-0.3, -0.25) is 19.7 Å². The number of halogens is 4. The highest BCUT2D eigenvalue weighted by atomic mass is 32.2. The number of hydrogen-bond acceptors (Lipinski definition) is 8. The number of nitrogens with one attached hydrogen (secondary N) is 3. The largest absolute Gasteiger partial charge is 0.573 e. The van der Waals surface area contributed by atoms with Gasteiger partial charge < -0.3 is 25.0 Å². The molecule has 1 aliphatic carbocycles. The number of nitrogens with zero attached hydrogens (tertiary/aromatic N) is 1. The summed E-state index contributed by atoms with van der Waals surface area (Å²) >= 11 is 1.47. The van der Waals surface area contributed by atoms with Crippen LogP contribution in [-0.2, 0) is 27.4 Å². The third-order valence-electron chi connectivity index (χ3n) is 7.78. The molecule has 0 bridgehead atoms. The monoisotopic (exact) mass is 608 g/mol. The Bertz CT molecular complexity index is 1500.